The second-order valence-corrected chi connectivity index (χ2v) is 9.30. The van der Waals surface area contributed by atoms with Crippen molar-refractivity contribution in [3.8, 4) is 11.5 Å². The molecular weight excluding hydrogens is 506 g/mol. The molecule has 1 heterocycles. The van der Waals surface area contributed by atoms with Crippen LogP contribution >= 0.6 is 11.6 Å². The largest absolute Gasteiger partial charge is 0.493 e. The van der Waals surface area contributed by atoms with Crippen LogP contribution in [0, 0.1) is 0 Å². The maximum Gasteiger partial charge on any atom is 0.331 e. The van der Waals surface area contributed by atoms with Gasteiger partial charge in [-0.25, -0.2) is 4.79 Å². The number of ether oxygens (including phenoxy) is 2. The van der Waals surface area contributed by atoms with Gasteiger partial charge in [0.25, 0.3) is 5.56 Å². The van der Waals surface area contributed by atoms with Gasteiger partial charge in [-0.15, -0.1) is 0 Å². The quantitative estimate of drug-likeness (QED) is 0.313. The van der Waals surface area contributed by atoms with Crippen LogP contribution in [0.1, 0.15) is 24.0 Å². The molecule has 1 aromatic heterocycles. The summed E-state index contributed by atoms with van der Waals surface area (Å²) in [6.07, 6.45) is 1.18. The average Bonchev–Trinajstić information content (AvgIpc) is 2.93. The lowest BCUT2D eigenvalue weighted by Gasteiger charge is -2.14. The van der Waals surface area contributed by atoms with Crippen LogP contribution < -0.4 is 26.0 Å². The van der Waals surface area contributed by atoms with Crippen LogP contribution in [-0.4, -0.2) is 35.8 Å². The lowest BCUT2D eigenvalue weighted by Crippen LogP contribution is -2.40. The van der Waals surface area contributed by atoms with Gasteiger partial charge in [-0.05, 0) is 60.4 Å². The highest BCUT2D eigenvalue weighted by Gasteiger charge is 2.14. The normalized spacial score (nSPS) is 10.9. The predicted molar refractivity (Wildman–Crippen MR) is 149 cm³/mol. The molecule has 1 N–H and O–H groups in total. The van der Waals surface area contributed by atoms with Gasteiger partial charge in [0.05, 0.1) is 31.7 Å². The SMILES string of the molecule is COc1ccc(CCNC(=O)CCCn2c(=O)c3ccccc3n(Cc3cccc(Cl)c3)c2=O)cc1OC. The summed E-state index contributed by atoms with van der Waals surface area (Å²) >= 11 is 6.13. The number of carbonyl (C=O) groups excluding carboxylic acids is 1. The van der Waals surface area contributed by atoms with E-state index in [9.17, 15) is 14.4 Å². The van der Waals surface area contributed by atoms with E-state index in [0.717, 1.165) is 11.1 Å². The Morgan fingerprint density at radius 1 is 0.895 bits per heavy atom. The standard InChI is InChI=1S/C29H30ClN3O5/c1-37-25-13-12-20(18-26(25)38-2)14-15-31-27(34)11-6-16-32-28(35)23-9-3-4-10-24(23)33(29(32)36)19-21-7-5-8-22(30)17-21/h3-5,7-10,12-13,17-18H,6,11,14-16,19H2,1-2H3,(H,31,34). The number of nitrogens with one attached hydrogen (secondary N) is 1. The molecule has 0 saturated carbocycles. The first kappa shape index (κ1) is 27.0. The predicted octanol–water partition coefficient (Wildman–Crippen LogP) is 4.02. The average molecular weight is 536 g/mol. The molecule has 0 fully saturated rings. The van der Waals surface area contributed by atoms with E-state index in [4.69, 9.17) is 21.1 Å². The van der Waals surface area contributed by atoms with Crippen LogP contribution in [0.2, 0.25) is 5.02 Å². The molecule has 0 aliphatic heterocycles. The molecule has 198 valence electrons. The Balaban J connectivity index is 1.41. The van der Waals surface area contributed by atoms with Gasteiger partial charge >= 0.3 is 5.69 Å². The van der Waals surface area contributed by atoms with Crippen molar-refractivity contribution >= 4 is 28.4 Å². The summed E-state index contributed by atoms with van der Waals surface area (Å²) in [5.74, 6) is 1.15. The maximum atomic E-state index is 13.4. The van der Waals surface area contributed by atoms with Gasteiger partial charge < -0.3 is 14.8 Å². The molecule has 0 aliphatic rings. The number of methoxy groups -OCH3 is 2. The minimum Gasteiger partial charge on any atom is -0.493 e. The van der Waals surface area contributed by atoms with Gasteiger partial charge in [0.15, 0.2) is 11.5 Å². The Hall–Kier alpha value is -4.04. The molecule has 4 rings (SSSR count). The fourth-order valence-corrected chi connectivity index (χ4v) is 4.62. The summed E-state index contributed by atoms with van der Waals surface area (Å²) in [6.45, 7) is 0.870. The van der Waals surface area contributed by atoms with E-state index in [1.807, 2.05) is 30.3 Å². The fraction of sp³-hybridized carbons (Fsp3) is 0.276. The molecule has 0 unspecified atom stereocenters. The number of halogens is 1. The highest BCUT2D eigenvalue weighted by atomic mass is 35.5. The van der Waals surface area contributed by atoms with E-state index in [2.05, 4.69) is 5.32 Å². The first-order chi connectivity index (χ1) is 18.4. The number of amides is 1. The number of aromatic nitrogens is 2. The summed E-state index contributed by atoms with van der Waals surface area (Å²) in [6, 6.07) is 20.0. The van der Waals surface area contributed by atoms with E-state index in [0.29, 0.717) is 46.8 Å². The highest BCUT2D eigenvalue weighted by Crippen LogP contribution is 2.27. The summed E-state index contributed by atoms with van der Waals surface area (Å²) < 4.78 is 13.4. The number of carbonyl (C=O) groups is 1. The van der Waals surface area contributed by atoms with Crippen molar-refractivity contribution in [2.75, 3.05) is 20.8 Å². The van der Waals surface area contributed by atoms with Crippen molar-refractivity contribution in [2.45, 2.75) is 32.4 Å². The van der Waals surface area contributed by atoms with E-state index in [1.54, 1.807) is 55.2 Å². The Kier molecular flexibility index (Phi) is 8.86. The number of nitrogens with zero attached hydrogens (tertiary/aromatic N) is 2. The van der Waals surface area contributed by atoms with Crippen molar-refractivity contribution < 1.29 is 14.3 Å². The summed E-state index contributed by atoms with van der Waals surface area (Å²) in [5.41, 5.74) is 1.64. The summed E-state index contributed by atoms with van der Waals surface area (Å²) in [4.78, 5) is 38.9. The number of fused-ring (bicyclic) bond motifs is 1. The number of rotatable bonds is 11. The molecule has 9 heteroatoms. The van der Waals surface area contributed by atoms with Crippen LogP contribution in [0.5, 0.6) is 11.5 Å². The summed E-state index contributed by atoms with van der Waals surface area (Å²) in [5, 5.41) is 3.92. The van der Waals surface area contributed by atoms with E-state index >= 15 is 0 Å². The van der Waals surface area contributed by atoms with E-state index < -0.39 is 5.69 Å². The zero-order valence-corrected chi connectivity index (χ0v) is 22.2. The highest BCUT2D eigenvalue weighted by molar-refractivity contribution is 6.30. The number of hydrogen-bond acceptors (Lipinski definition) is 5. The lowest BCUT2D eigenvalue weighted by molar-refractivity contribution is -0.121. The van der Waals surface area contributed by atoms with Gasteiger partial charge in [-0.1, -0.05) is 41.9 Å². The molecule has 4 aromatic rings. The van der Waals surface area contributed by atoms with Crippen LogP contribution in [0.15, 0.2) is 76.3 Å². The molecule has 38 heavy (non-hydrogen) atoms. The molecule has 0 radical (unpaired) electrons. The maximum absolute atomic E-state index is 13.4. The Labute approximate surface area is 225 Å². The van der Waals surface area contributed by atoms with Crippen molar-refractivity contribution in [1.82, 2.24) is 14.5 Å². The van der Waals surface area contributed by atoms with Crippen molar-refractivity contribution in [1.29, 1.82) is 0 Å². The van der Waals surface area contributed by atoms with Crippen molar-refractivity contribution in [3.05, 3.63) is 104 Å². The van der Waals surface area contributed by atoms with Crippen molar-refractivity contribution in [2.24, 2.45) is 0 Å². The Bertz CT molecular complexity index is 1560. The van der Waals surface area contributed by atoms with Crippen molar-refractivity contribution in [3.63, 3.8) is 0 Å². The number of benzene rings is 3. The third-order valence-corrected chi connectivity index (χ3v) is 6.57. The number of hydrogen-bond donors (Lipinski definition) is 1. The first-order valence-electron chi connectivity index (χ1n) is 12.4. The second-order valence-electron chi connectivity index (χ2n) is 8.87. The van der Waals surface area contributed by atoms with Crippen LogP contribution in [-0.2, 0) is 24.3 Å². The second kappa shape index (κ2) is 12.5. The molecule has 3 aromatic carbocycles. The Morgan fingerprint density at radius 3 is 2.45 bits per heavy atom. The molecule has 0 saturated heterocycles. The van der Waals surface area contributed by atoms with Crippen LogP contribution in [0.4, 0.5) is 0 Å². The third-order valence-electron chi connectivity index (χ3n) is 6.33. The summed E-state index contributed by atoms with van der Waals surface area (Å²) in [7, 11) is 3.16. The monoisotopic (exact) mass is 535 g/mol. The molecule has 0 bridgehead atoms. The molecule has 0 aliphatic carbocycles. The zero-order chi connectivity index (χ0) is 27.1. The topological polar surface area (TPSA) is 91.6 Å². The minimum absolute atomic E-state index is 0.140. The first-order valence-corrected chi connectivity index (χ1v) is 12.7. The Morgan fingerprint density at radius 2 is 1.68 bits per heavy atom. The van der Waals surface area contributed by atoms with Gasteiger partial charge in [0, 0.05) is 24.5 Å². The third kappa shape index (κ3) is 6.26. The number of para-hydroxylation sites is 1. The van der Waals surface area contributed by atoms with Crippen LogP contribution in [0.25, 0.3) is 10.9 Å². The van der Waals surface area contributed by atoms with Gasteiger partial charge in [-0.2, -0.15) is 0 Å². The molecule has 0 atom stereocenters. The smallest absolute Gasteiger partial charge is 0.331 e. The minimum atomic E-state index is -0.414. The van der Waals surface area contributed by atoms with Gasteiger partial charge in [-0.3, -0.25) is 18.7 Å². The fourth-order valence-electron chi connectivity index (χ4n) is 4.41. The van der Waals surface area contributed by atoms with E-state index in [1.165, 1.54) is 4.57 Å². The zero-order valence-electron chi connectivity index (χ0n) is 21.4. The molecule has 8 nitrogen and oxygen atoms in total. The molecular formula is C29H30ClN3O5. The van der Waals surface area contributed by atoms with Gasteiger partial charge in [0.1, 0.15) is 0 Å². The lowest BCUT2D eigenvalue weighted by atomic mass is 10.1. The van der Waals surface area contributed by atoms with Gasteiger partial charge in [0.2, 0.25) is 5.91 Å². The van der Waals surface area contributed by atoms with E-state index in [-0.39, 0.29) is 31.0 Å². The molecule has 1 amide bonds. The molecule has 0 spiro atoms. The van der Waals surface area contributed by atoms with Crippen LogP contribution in [0.3, 0.4) is 0 Å².